The summed E-state index contributed by atoms with van der Waals surface area (Å²) in [5.41, 5.74) is 2.87. The quantitative estimate of drug-likeness (QED) is 0.680. The molecule has 2 aliphatic heterocycles. The van der Waals surface area contributed by atoms with Crippen LogP contribution in [0, 0.1) is 0 Å². The fraction of sp³-hybridized carbons (Fsp3) is 0.238. The lowest BCUT2D eigenvalue weighted by molar-refractivity contribution is 0.0975. The number of benzene rings is 2. The lowest BCUT2D eigenvalue weighted by Crippen LogP contribution is -2.40. The van der Waals surface area contributed by atoms with Crippen LogP contribution >= 0.6 is 0 Å². The number of carbonyl (C=O) groups is 1. The van der Waals surface area contributed by atoms with Gasteiger partial charge in [-0.05, 0) is 37.1 Å². The Labute approximate surface area is 150 Å². The molecule has 1 amide bonds. The molecular formula is C21H18N2O3. The normalized spacial score (nSPS) is 17.9. The highest BCUT2D eigenvalue weighted by molar-refractivity contribution is 6.08. The minimum Gasteiger partial charge on any atom is -0.490 e. The number of amides is 1. The summed E-state index contributed by atoms with van der Waals surface area (Å²) >= 11 is 0. The number of hydrogen-bond donors (Lipinski definition) is 0. The Hall–Kier alpha value is -3.08. The molecule has 0 spiro atoms. The fourth-order valence-electron chi connectivity index (χ4n) is 4.09. The number of fused-ring (bicyclic) bond motifs is 1. The third-order valence-electron chi connectivity index (χ3n) is 5.33. The summed E-state index contributed by atoms with van der Waals surface area (Å²) in [6.45, 7) is 2.97. The van der Waals surface area contributed by atoms with Gasteiger partial charge in [-0.25, -0.2) is 0 Å². The summed E-state index contributed by atoms with van der Waals surface area (Å²) in [5, 5.41) is 0.624. The number of rotatable bonds is 1. The molecule has 3 heterocycles. The van der Waals surface area contributed by atoms with Crippen molar-refractivity contribution in [2.45, 2.75) is 19.4 Å². The first-order valence-electron chi connectivity index (χ1n) is 8.85. The lowest BCUT2D eigenvalue weighted by atomic mass is 10.1. The molecular weight excluding hydrogens is 328 g/mol. The minimum absolute atomic E-state index is 0.193. The Morgan fingerprint density at radius 2 is 2.00 bits per heavy atom. The average molecular weight is 346 g/mol. The molecule has 1 atom stereocenters. The summed E-state index contributed by atoms with van der Waals surface area (Å²) in [6, 6.07) is 13.5. The molecule has 0 bridgehead atoms. The molecule has 0 N–H and O–H groups in total. The highest BCUT2D eigenvalue weighted by Crippen LogP contribution is 2.34. The smallest absolute Gasteiger partial charge is 0.263 e. The van der Waals surface area contributed by atoms with Gasteiger partial charge in [-0.15, -0.1) is 0 Å². The van der Waals surface area contributed by atoms with Crippen molar-refractivity contribution in [3.63, 3.8) is 0 Å². The second kappa shape index (κ2) is 5.46. The highest BCUT2D eigenvalue weighted by atomic mass is 16.5. The van der Waals surface area contributed by atoms with E-state index in [1.807, 2.05) is 36.4 Å². The third kappa shape index (κ3) is 2.03. The van der Waals surface area contributed by atoms with E-state index in [0.717, 1.165) is 11.9 Å². The number of hydrogen-bond acceptors (Lipinski definition) is 3. The van der Waals surface area contributed by atoms with Crippen molar-refractivity contribution in [3.8, 4) is 5.75 Å². The molecule has 3 aromatic rings. The third-order valence-corrected chi connectivity index (χ3v) is 5.33. The van der Waals surface area contributed by atoms with Crippen LogP contribution in [0.4, 0.5) is 5.69 Å². The van der Waals surface area contributed by atoms with E-state index in [4.69, 9.17) is 4.74 Å². The molecule has 0 fully saturated rings. The summed E-state index contributed by atoms with van der Waals surface area (Å²) < 4.78 is 7.71. The molecule has 2 aliphatic rings. The summed E-state index contributed by atoms with van der Waals surface area (Å²) in [6.07, 6.45) is 2.63. The van der Waals surface area contributed by atoms with Crippen LogP contribution in [0.5, 0.6) is 5.75 Å². The summed E-state index contributed by atoms with van der Waals surface area (Å²) in [7, 11) is 0. The molecule has 1 aromatic heterocycles. The number of aromatic nitrogens is 1. The number of pyridine rings is 1. The molecule has 0 saturated heterocycles. The van der Waals surface area contributed by atoms with Gasteiger partial charge in [0.05, 0.1) is 17.7 Å². The van der Waals surface area contributed by atoms with Gasteiger partial charge in [0, 0.05) is 17.6 Å². The molecule has 5 rings (SSSR count). The van der Waals surface area contributed by atoms with Crippen molar-refractivity contribution in [3.05, 3.63) is 70.0 Å². The zero-order valence-corrected chi connectivity index (χ0v) is 14.4. The van der Waals surface area contributed by atoms with Gasteiger partial charge in [-0.3, -0.25) is 9.59 Å². The molecule has 5 nitrogen and oxygen atoms in total. The van der Waals surface area contributed by atoms with Crippen molar-refractivity contribution < 1.29 is 9.53 Å². The number of ether oxygens (including phenoxy) is 1. The maximum Gasteiger partial charge on any atom is 0.263 e. The van der Waals surface area contributed by atoms with Crippen LogP contribution in [0.25, 0.3) is 10.9 Å². The van der Waals surface area contributed by atoms with Crippen molar-refractivity contribution >= 4 is 22.5 Å². The Balaban J connectivity index is 1.69. The maximum absolute atomic E-state index is 13.3. The second-order valence-corrected chi connectivity index (χ2v) is 6.92. The minimum atomic E-state index is -0.263. The Morgan fingerprint density at radius 1 is 1.15 bits per heavy atom. The average Bonchev–Trinajstić information content (AvgIpc) is 2.99. The zero-order valence-electron chi connectivity index (χ0n) is 14.4. The van der Waals surface area contributed by atoms with Gasteiger partial charge >= 0.3 is 0 Å². The lowest BCUT2D eigenvalue weighted by Gasteiger charge is -2.29. The van der Waals surface area contributed by atoms with E-state index in [0.29, 0.717) is 30.0 Å². The first-order chi connectivity index (χ1) is 12.6. The van der Waals surface area contributed by atoms with E-state index >= 15 is 0 Å². The van der Waals surface area contributed by atoms with E-state index in [1.165, 1.54) is 5.56 Å². The Kier molecular flexibility index (Phi) is 3.19. The van der Waals surface area contributed by atoms with Gasteiger partial charge in [-0.1, -0.05) is 24.3 Å². The molecule has 26 heavy (non-hydrogen) atoms. The van der Waals surface area contributed by atoms with E-state index in [-0.39, 0.29) is 22.9 Å². The van der Waals surface area contributed by atoms with Gasteiger partial charge in [-0.2, -0.15) is 0 Å². The van der Waals surface area contributed by atoms with E-state index in [2.05, 4.69) is 17.6 Å². The molecule has 0 aliphatic carbocycles. The topological polar surface area (TPSA) is 51.5 Å². The van der Waals surface area contributed by atoms with Crippen molar-refractivity contribution in [1.29, 1.82) is 0 Å². The van der Waals surface area contributed by atoms with Gasteiger partial charge in [0.2, 0.25) is 5.43 Å². The van der Waals surface area contributed by atoms with E-state index in [1.54, 1.807) is 11.1 Å². The van der Waals surface area contributed by atoms with Crippen LogP contribution < -0.4 is 15.1 Å². The second-order valence-electron chi connectivity index (χ2n) is 6.92. The summed E-state index contributed by atoms with van der Waals surface area (Å²) in [4.78, 5) is 28.0. The number of carbonyl (C=O) groups excluding carboxylic acids is 1. The molecule has 0 saturated carbocycles. The SMILES string of the molecule is C[C@H]1Cc2cccc3c(=O)c(C(=O)N4CCOc5ccccc54)cn1c23. The molecule has 5 heteroatoms. The number of para-hydroxylation sites is 3. The monoisotopic (exact) mass is 346 g/mol. The van der Waals surface area contributed by atoms with Crippen LogP contribution in [-0.4, -0.2) is 23.6 Å². The Bertz CT molecular complexity index is 1120. The molecule has 2 aromatic carbocycles. The highest BCUT2D eigenvalue weighted by Gasteiger charge is 2.29. The van der Waals surface area contributed by atoms with Crippen LogP contribution in [0.15, 0.2) is 53.5 Å². The van der Waals surface area contributed by atoms with Gasteiger partial charge in [0.1, 0.15) is 17.9 Å². The van der Waals surface area contributed by atoms with Gasteiger partial charge in [0.15, 0.2) is 0 Å². The van der Waals surface area contributed by atoms with Crippen LogP contribution in [0.1, 0.15) is 28.9 Å². The van der Waals surface area contributed by atoms with E-state index in [9.17, 15) is 9.59 Å². The predicted octanol–water partition coefficient (Wildman–Crippen LogP) is 3.16. The van der Waals surface area contributed by atoms with Crippen molar-refractivity contribution in [2.24, 2.45) is 0 Å². The molecule has 130 valence electrons. The largest absolute Gasteiger partial charge is 0.490 e. The predicted molar refractivity (Wildman–Crippen MR) is 100 cm³/mol. The standard InChI is InChI=1S/C21H18N2O3/c1-13-11-14-5-4-6-15-19(14)23(13)12-16(20(15)24)21(25)22-9-10-26-18-8-3-2-7-17(18)22/h2-8,12-13H,9-11H2,1H3/t13-/m0/s1. The first kappa shape index (κ1) is 15.2. The Morgan fingerprint density at radius 3 is 2.88 bits per heavy atom. The van der Waals surface area contributed by atoms with Gasteiger partial charge < -0.3 is 14.2 Å². The van der Waals surface area contributed by atoms with Crippen LogP contribution in [-0.2, 0) is 6.42 Å². The summed E-state index contributed by atoms with van der Waals surface area (Å²) in [5.74, 6) is 0.411. The van der Waals surface area contributed by atoms with Gasteiger partial charge in [0.25, 0.3) is 5.91 Å². The van der Waals surface area contributed by atoms with Crippen LogP contribution in [0.2, 0.25) is 0 Å². The number of anilines is 1. The first-order valence-corrected chi connectivity index (χ1v) is 8.85. The number of nitrogens with zero attached hydrogens (tertiary/aromatic N) is 2. The molecule has 0 unspecified atom stereocenters. The molecule has 0 radical (unpaired) electrons. The zero-order chi connectivity index (χ0) is 17.8. The maximum atomic E-state index is 13.3. The van der Waals surface area contributed by atoms with Crippen molar-refractivity contribution in [2.75, 3.05) is 18.1 Å². The van der Waals surface area contributed by atoms with E-state index < -0.39 is 0 Å². The fourth-order valence-corrected chi connectivity index (χ4v) is 4.09. The van der Waals surface area contributed by atoms with Crippen LogP contribution in [0.3, 0.4) is 0 Å². The van der Waals surface area contributed by atoms with Crippen molar-refractivity contribution in [1.82, 2.24) is 4.57 Å².